The molecule has 1 aromatic carbocycles. The summed E-state index contributed by atoms with van der Waals surface area (Å²) >= 11 is 0. The van der Waals surface area contributed by atoms with Crippen molar-refractivity contribution in [2.75, 3.05) is 0 Å². The number of benzene rings is 1. The topological polar surface area (TPSA) is 114 Å². The summed E-state index contributed by atoms with van der Waals surface area (Å²) in [5.74, 6) is -0.376. The van der Waals surface area contributed by atoms with Gasteiger partial charge in [-0.05, 0) is 44.9 Å². The Kier molecular flexibility index (Phi) is 5.36. The first kappa shape index (κ1) is 21.1. The molecule has 1 aromatic rings. The molecule has 2 N–H and O–H groups in total. The van der Waals surface area contributed by atoms with Gasteiger partial charge in [-0.25, -0.2) is 4.79 Å². The zero-order valence-electron chi connectivity index (χ0n) is 17.9. The summed E-state index contributed by atoms with van der Waals surface area (Å²) in [5.41, 5.74) is 0.813. The molecule has 9 heteroatoms. The molecule has 2 aliphatic heterocycles. The summed E-state index contributed by atoms with van der Waals surface area (Å²) in [7, 11) is 0. The van der Waals surface area contributed by atoms with Gasteiger partial charge >= 0.3 is 6.09 Å². The van der Waals surface area contributed by atoms with Crippen LogP contribution in [-0.4, -0.2) is 52.5 Å². The minimum absolute atomic E-state index is 0.000995. The lowest BCUT2D eigenvalue weighted by Crippen LogP contribution is -2.52. The molecule has 0 radical (unpaired) electrons. The number of alkyl carbamates (subject to hydrolysis) is 1. The third-order valence-electron chi connectivity index (χ3n) is 5.62. The highest BCUT2D eigenvalue weighted by atomic mass is 16.6. The van der Waals surface area contributed by atoms with E-state index in [9.17, 15) is 19.2 Å². The number of carbonyl (C=O) groups excluding carboxylic acids is 4. The third kappa shape index (κ3) is 4.65. The highest BCUT2D eigenvalue weighted by Crippen LogP contribution is 2.32. The maximum absolute atomic E-state index is 12.9. The van der Waals surface area contributed by atoms with E-state index in [0.717, 1.165) is 5.56 Å². The second-order valence-corrected chi connectivity index (χ2v) is 9.27. The molecule has 0 spiro atoms. The van der Waals surface area contributed by atoms with Crippen LogP contribution in [0.1, 0.15) is 62.4 Å². The van der Waals surface area contributed by atoms with Crippen LogP contribution in [0.2, 0.25) is 0 Å². The number of piperidine rings is 1. The van der Waals surface area contributed by atoms with Crippen molar-refractivity contribution in [2.45, 2.75) is 76.8 Å². The fourth-order valence-corrected chi connectivity index (χ4v) is 4.05. The fraction of sp³-hybridized carbons (Fsp3) is 0.545. The molecule has 3 aliphatic rings. The van der Waals surface area contributed by atoms with Crippen molar-refractivity contribution in [3.05, 3.63) is 29.3 Å². The summed E-state index contributed by atoms with van der Waals surface area (Å²) in [6.45, 7) is 5.78. The van der Waals surface area contributed by atoms with Crippen molar-refractivity contribution in [2.24, 2.45) is 0 Å². The van der Waals surface area contributed by atoms with Gasteiger partial charge in [0.25, 0.3) is 5.91 Å². The number of nitrogens with one attached hydrogen (secondary N) is 2. The van der Waals surface area contributed by atoms with E-state index in [-0.39, 0.29) is 30.4 Å². The van der Waals surface area contributed by atoms with Crippen molar-refractivity contribution in [1.82, 2.24) is 15.5 Å². The van der Waals surface area contributed by atoms with Crippen LogP contribution in [0.3, 0.4) is 0 Å². The largest absolute Gasteiger partial charge is 0.490 e. The van der Waals surface area contributed by atoms with E-state index >= 15 is 0 Å². The first-order valence-corrected chi connectivity index (χ1v) is 10.5. The molecular weight excluding hydrogens is 402 g/mol. The minimum atomic E-state index is -0.631. The molecule has 4 rings (SSSR count). The Morgan fingerprint density at radius 2 is 1.94 bits per heavy atom. The molecule has 1 atom stereocenters. The molecule has 0 aromatic heterocycles. The van der Waals surface area contributed by atoms with Crippen LogP contribution in [0.25, 0.3) is 0 Å². The van der Waals surface area contributed by atoms with E-state index in [4.69, 9.17) is 9.47 Å². The Hall–Kier alpha value is -3.10. The second-order valence-electron chi connectivity index (χ2n) is 9.27. The maximum Gasteiger partial charge on any atom is 0.407 e. The lowest BCUT2D eigenvalue weighted by molar-refractivity contribution is -0.136. The van der Waals surface area contributed by atoms with Gasteiger partial charge in [-0.2, -0.15) is 0 Å². The molecule has 166 valence electrons. The third-order valence-corrected chi connectivity index (χ3v) is 5.62. The maximum atomic E-state index is 12.9. The Labute approximate surface area is 180 Å². The first-order chi connectivity index (χ1) is 14.6. The van der Waals surface area contributed by atoms with Gasteiger partial charge in [-0.15, -0.1) is 0 Å². The molecule has 9 nitrogen and oxygen atoms in total. The predicted octanol–water partition coefficient (Wildman–Crippen LogP) is 1.88. The zero-order chi connectivity index (χ0) is 22.3. The molecular formula is C22H27N3O6. The number of carbonyl (C=O) groups is 4. The normalized spacial score (nSPS) is 25.5. The lowest BCUT2D eigenvalue weighted by Gasteiger charge is -2.36. The first-order valence-electron chi connectivity index (χ1n) is 10.5. The Bertz CT molecular complexity index is 932. The average molecular weight is 429 g/mol. The molecule has 1 saturated heterocycles. The molecule has 31 heavy (non-hydrogen) atoms. The Morgan fingerprint density at radius 3 is 2.61 bits per heavy atom. The quantitative estimate of drug-likeness (QED) is 0.707. The van der Waals surface area contributed by atoms with E-state index < -0.39 is 23.6 Å². The number of ether oxygens (including phenoxy) is 2. The molecule has 4 amide bonds. The highest BCUT2D eigenvalue weighted by molar-refractivity contribution is 6.05. The van der Waals surface area contributed by atoms with Crippen LogP contribution in [0.4, 0.5) is 4.79 Å². The number of nitrogens with zero attached hydrogens (tertiary/aromatic N) is 1. The van der Waals surface area contributed by atoms with Crippen LogP contribution in [0.15, 0.2) is 18.2 Å². The van der Waals surface area contributed by atoms with Gasteiger partial charge in [0.15, 0.2) is 0 Å². The number of hydrogen-bond donors (Lipinski definition) is 2. The van der Waals surface area contributed by atoms with Crippen LogP contribution >= 0.6 is 0 Å². The molecule has 0 bridgehead atoms. The van der Waals surface area contributed by atoms with E-state index in [1.165, 1.54) is 4.90 Å². The zero-order valence-corrected chi connectivity index (χ0v) is 17.9. The summed E-state index contributed by atoms with van der Waals surface area (Å²) in [5, 5.41) is 5.12. The average Bonchev–Trinajstić information content (AvgIpc) is 2.95. The predicted molar refractivity (Wildman–Crippen MR) is 109 cm³/mol. The van der Waals surface area contributed by atoms with Crippen molar-refractivity contribution in [3.63, 3.8) is 0 Å². The number of rotatable bonds is 4. The molecule has 1 unspecified atom stereocenters. The summed E-state index contributed by atoms with van der Waals surface area (Å²) in [4.78, 5) is 49.7. The van der Waals surface area contributed by atoms with Crippen molar-refractivity contribution < 1.29 is 28.7 Å². The van der Waals surface area contributed by atoms with Crippen molar-refractivity contribution in [3.8, 4) is 5.75 Å². The van der Waals surface area contributed by atoms with Gasteiger partial charge in [0.05, 0.1) is 0 Å². The fourth-order valence-electron chi connectivity index (χ4n) is 4.05. The number of hydrogen-bond acceptors (Lipinski definition) is 6. The van der Waals surface area contributed by atoms with Gasteiger partial charge in [0.2, 0.25) is 11.8 Å². The van der Waals surface area contributed by atoms with Crippen LogP contribution in [0.5, 0.6) is 5.75 Å². The van der Waals surface area contributed by atoms with Gasteiger partial charge in [0, 0.05) is 37.4 Å². The molecule has 2 heterocycles. The summed E-state index contributed by atoms with van der Waals surface area (Å²) in [6.07, 6.45) is 1.39. The molecule has 2 fully saturated rings. The van der Waals surface area contributed by atoms with Gasteiger partial charge in [-0.1, -0.05) is 6.07 Å². The van der Waals surface area contributed by atoms with Crippen LogP contribution in [-0.2, 0) is 20.9 Å². The second kappa shape index (κ2) is 7.86. The smallest absolute Gasteiger partial charge is 0.407 e. The van der Waals surface area contributed by atoms with Gasteiger partial charge in [0.1, 0.15) is 23.5 Å². The van der Waals surface area contributed by atoms with E-state index in [0.29, 0.717) is 37.1 Å². The number of amides is 4. The SMILES string of the molecule is CC(C)(C)OC(=O)NC1CC(Oc2ccc3c(c2)C(=O)N(C2CCC(=O)NC2=O)C3)C1. The van der Waals surface area contributed by atoms with E-state index in [1.807, 2.05) is 32.9 Å². The highest BCUT2D eigenvalue weighted by Gasteiger charge is 2.39. The molecule has 1 saturated carbocycles. The van der Waals surface area contributed by atoms with Crippen LogP contribution < -0.4 is 15.4 Å². The van der Waals surface area contributed by atoms with Crippen molar-refractivity contribution in [1.29, 1.82) is 0 Å². The monoisotopic (exact) mass is 429 g/mol. The summed E-state index contributed by atoms with van der Waals surface area (Å²) < 4.78 is 11.2. The lowest BCUT2D eigenvalue weighted by atomic mass is 9.89. The molecule has 1 aliphatic carbocycles. The Morgan fingerprint density at radius 1 is 1.19 bits per heavy atom. The summed E-state index contributed by atoms with van der Waals surface area (Å²) in [6, 6.07) is 4.73. The van der Waals surface area contributed by atoms with Crippen LogP contribution in [0, 0.1) is 0 Å². The Balaban J connectivity index is 1.31. The number of fused-ring (bicyclic) bond motifs is 1. The van der Waals surface area contributed by atoms with Gasteiger partial charge in [-0.3, -0.25) is 19.7 Å². The van der Waals surface area contributed by atoms with Gasteiger partial charge < -0.3 is 19.7 Å². The van der Waals surface area contributed by atoms with Crippen molar-refractivity contribution >= 4 is 23.8 Å². The minimum Gasteiger partial charge on any atom is -0.490 e. The van der Waals surface area contributed by atoms with E-state index in [2.05, 4.69) is 10.6 Å². The van der Waals surface area contributed by atoms with E-state index in [1.54, 1.807) is 6.07 Å². The number of imide groups is 1. The standard InChI is InChI=1S/C22H27N3O6/c1-22(2,3)31-21(29)23-13-8-15(9-13)30-14-5-4-12-11-25(20(28)16(12)10-14)17-6-7-18(26)24-19(17)27/h4-5,10,13,15,17H,6-9,11H2,1-3H3,(H,23,29)(H,24,26,27).